The number of halogens is 4. The van der Waals surface area contributed by atoms with Gasteiger partial charge < -0.3 is 10.7 Å². The van der Waals surface area contributed by atoms with Gasteiger partial charge in [0.05, 0.1) is 5.56 Å². The Bertz CT molecular complexity index is 424. The Labute approximate surface area is 103 Å². The average Bonchev–Trinajstić information content (AvgIpc) is 2.25. The van der Waals surface area contributed by atoms with E-state index in [-0.39, 0.29) is 11.4 Å². The van der Waals surface area contributed by atoms with Crippen molar-refractivity contribution >= 4 is 27.7 Å². The van der Waals surface area contributed by atoms with Crippen LogP contribution in [-0.4, -0.2) is 23.6 Å². The van der Waals surface area contributed by atoms with Crippen LogP contribution in [0, 0.1) is 0 Å². The summed E-state index contributed by atoms with van der Waals surface area (Å²) in [5, 5.41) is 1.72. The van der Waals surface area contributed by atoms with Crippen LogP contribution in [0.4, 0.5) is 19.0 Å². The standard InChI is InChI=1S/C8H8BrF3N4O/c9-4-1-5(6(16-13)14-2-4)7(17)15-3-8(10,11)12/h1-2H,3,13H2,(H,14,16)(H,15,17). The minimum absolute atomic E-state index is 0.00660. The van der Waals surface area contributed by atoms with E-state index in [1.807, 2.05) is 0 Å². The van der Waals surface area contributed by atoms with Crippen molar-refractivity contribution in [2.24, 2.45) is 5.84 Å². The molecule has 0 aromatic carbocycles. The molecule has 9 heteroatoms. The van der Waals surface area contributed by atoms with E-state index in [2.05, 4.69) is 26.3 Å². The maximum absolute atomic E-state index is 11.9. The molecule has 17 heavy (non-hydrogen) atoms. The maximum Gasteiger partial charge on any atom is 0.405 e. The van der Waals surface area contributed by atoms with Gasteiger partial charge in [0.25, 0.3) is 5.91 Å². The molecule has 0 spiro atoms. The van der Waals surface area contributed by atoms with E-state index in [0.717, 1.165) is 0 Å². The first-order chi connectivity index (χ1) is 7.83. The number of nitrogens with zero attached hydrogens (tertiary/aromatic N) is 1. The fourth-order valence-corrected chi connectivity index (χ4v) is 1.33. The summed E-state index contributed by atoms with van der Waals surface area (Å²) in [7, 11) is 0. The third kappa shape index (κ3) is 4.19. The van der Waals surface area contributed by atoms with Crippen LogP contribution in [0.5, 0.6) is 0 Å². The van der Waals surface area contributed by atoms with Gasteiger partial charge in [0.15, 0.2) is 5.82 Å². The molecule has 1 amide bonds. The molecule has 0 saturated carbocycles. The average molecular weight is 313 g/mol. The molecule has 0 aliphatic heterocycles. The van der Waals surface area contributed by atoms with Gasteiger partial charge in [-0.05, 0) is 22.0 Å². The Kier molecular flexibility index (Phi) is 4.29. The molecule has 1 aromatic rings. The molecular weight excluding hydrogens is 305 g/mol. The number of hydrazine groups is 1. The van der Waals surface area contributed by atoms with E-state index in [9.17, 15) is 18.0 Å². The van der Waals surface area contributed by atoms with Crippen molar-refractivity contribution in [1.29, 1.82) is 0 Å². The molecule has 0 radical (unpaired) electrons. The summed E-state index contributed by atoms with van der Waals surface area (Å²) in [6, 6.07) is 1.31. The quantitative estimate of drug-likeness (QED) is 0.582. The molecule has 4 N–H and O–H groups in total. The zero-order valence-corrected chi connectivity index (χ0v) is 9.89. The molecule has 0 bridgehead atoms. The SMILES string of the molecule is NNc1ncc(Br)cc1C(=O)NCC(F)(F)F. The van der Waals surface area contributed by atoms with Crippen LogP contribution in [0.1, 0.15) is 10.4 Å². The molecule has 1 heterocycles. The normalized spacial score (nSPS) is 11.1. The molecule has 0 atom stereocenters. The van der Waals surface area contributed by atoms with Crippen molar-refractivity contribution in [3.05, 3.63) is 22.3 Å². The first kappa shape index (κ1) is 13.7. The van der Waals surface area contributed by atoms with E-state index in [4.69, 9.17) is 5.84 Å². The highest BCUT2D eigenvalue weighted by atomic mass is 79.9. The van der Waals surface area contributed by atoms with Gasteiger partial charge in [0.1, 0.15) is 6.54 Å². The minimum atomic E-state index is -4.47. The van der Waals surface area contributed by atoms with Crippen LogP contribution in [0.3, 0.4) is 0 Å². The molecule has 0 aliphatic rings. The number of carbonyl (C=O) groups excluding carboxylic acids is 1. The Morgan fingerprint density at radius 3 is 2.71 bits per heavy atom. The molecule has 0 fully saturated rings. The van der Waals surface area contributed by atoms with Gasteiger partial charge >= 0.3 is 6.18 Å². The Morgan fingerprint density at radius 2 is 2.18 bits per heavy atom. The highest BCUT2D eigenvalue weighted by Gasteiger charge is 2.28. The second-order valence-corrected chi connectivity index (χ2v) is 3.91. The molecule has 5 nitrogen and oxygen atoms in total. The molecule has 0 unspecified atom stereocenters. The van der Waals surface area contributed by atoms with Crippen LogP contribution in [0.25, 0.3) is 0 Å². The molecular formula is C8H8BrF3N4O. The number of aromatic nitrogens is 1. The molecule has 0 aliphatic carbocycles. The Hall–Kier alpha value is -1.35. The van der Waals surface area contributed by atoms with Crippen molar-refractivity contribution < 1.29 is 18.0 Å². The third-order valence-corrected chi connectivity index (χ3v) is 2.12. The number of carbonyl (C=O) groups is 1. The summed E-state index contributed by atoms with van der Waals surface area (Å²) in [5.41, 5.74) is 2.05. The number of alkyl halides is 3. The lowest BCUT2D eigenvalue weighted by Crippen LogP contribution is -2.34. The van der Waals surface area contributed by atoms with Crippen molar-refractivity contribution in [3.8, 4) is 0 Å². The molecule has 1 rings (SSSR count). The number of pyridine rings is 1. The first-order valence-corrected chi connectivity index (χ1v) is 5.10. The van der Waals surface area contributed by atoms with Gasteiger partial charge in [0, 0.05) is 10.7 Å². The van der Waals surface area contributed by atoms with Gasteiger partial charge in [-0.15, -0.1) is 0 Å². The van der Waals surface area contributed by atoms with E-state index >= 15 is 0 Å². The van der Waals surface area contributed by atoms with Gasteiger partial charge in [-0.3, -0.25) is 4.79 Å². The number of rotatable bonds is 3. The van der Waals surface area contributed by atoms with Gasteiger partial charge in [-0.2, -0.15) is 13.2 Å². The van der Waals surface area contributed by atoms with Crippen molar-refractivity contribution in [3.63, 3.8) is 0 Å². The van der Waals surface area contributed by atoms with E-state index in [1.165, 1.54) is 12.3 Å². The summed E-state index contributed by atoms with van der Waals surface area (Å²) >= 11 is 3.05. The lowest BCUT2D eigenvalue weighted by molar-refractivity contribution is -0.123. The number of hydrogen-bond donors (Lipinski definition) is 3. The third-order valence-electron chi connectivity index (χ3n) is 1.69. The monoisotopic (exact) mass is 312 g/mol. The summed E-state index contributed by atoms with van der Waals surface area (Å²) in [5.74, 6) is 4.17. The maximum atomic E-state index is 11.9. The fourth-order valence-electron chi connectivity index (χ4n) is 1.00. The summed E-state index contributed by atoms with van der Waals surface area (Å²) < 4.78 is 36.2. The second-order valence-electron chi connectivity index (χ2n) is 2.99. The summed E-state index contributed by atoms with van der Waals surface area (Å²) in [6.07, 6.45) is -3.11. The van der Waals surface area contributed by atoms with E-state index < -0.39 is 18.6 Å². The number of nitrogens with two attached hydrogens (primary N) is 1. The van der Waals surface area contributed by atoms with Crippen LogP contribution in [0.15, 0.2) is 16.7 Å². The van der Waals surface area contributed by atoms with Crippen LogP contribution in [-0.2, 0) is 0 Å². The summed E-state index contributed by atoms with van der Waals surface area (Å²) in [4.78, 5) is 15.2. The van der Waals surface area contributed by atoms with Crippen LogP contribution < -0.4 is 16.6 Å². The van der Waals surface area contributed by atoms with Crippen molar-refractivity contribution in [1.82, 2.24) is 10.3 Å². The number of nitrogens with one attached hydrogen (secondary N) is 2. The Balaban J connectivity index is 2.84. The fraction of sp³-hybridized carbons (Fsp3) is 0.250. The van der Waals surface area contributed by atoms with Crippen molar-refractivity contribution in [2.75, 3.05) is 12.0 Å². The van der Waals surface area contributed by atoms with E-state index in [1.54, 1.807) is 5.32 Å². The topological polar surface area (TPSA) is 80.0 Å². The molecule has 0 saturated heterocycles. The van der Waals surface area contributed by atoms with Gasteiger partial charge in [-0.1, -0.05) is 0 Å². The number of nitrogen functional groups attached to an aromatic ring is 1. The zero-order chi connectivity index (χ0) is 13.1. The largest absolute Gasteiger partial charge is 0.405 e. The van der Waals surface area contributed by atoms with Crippen LogP contribution >= 0.6 is 15.9 Å². The zero-order valence-electron chi connectivity index (χ0n) is 8.31. The molecule has 94 valence electrons. The molecule has 1 aromatic heterocycles. The number of hydrogen-bond acceptors (Lipinski definition) is 4. The predicted molar refractivity (Wildman–Crippen MR) is 58.1 cm³/mol. The smallest absolute Gasteiger partial charge is 0.343 e. The van der Waals surface area contributed by atoms with Gasteiger partial charge in [-0.25, -0.2) is 10.8 Å². The predicted octanol–water partition coefficient (Wildman–Crippen LogP) is 1.42. The highest BCUT2D eigenvalue weighted by molar-refractivity contribution is 9.10. The summed E-state index contributed by atoms with van der Waals surface area (Å²) in [6.45, 7) is -1.41. The van der Waals surface area contributed by atoms with Gasteiger partial charge in [0.2, 0.25) is 0 Å². The second kappa shape index (κ2) is 5.32. The van der Waals surface area contributed by atoms with Crippen LogP contribution in [0.2, 0.25) is 0 Å². The highest BCUT2D eigenvalue weighted by Crippen LogP contribution is 2.18. The number of amides is 1. The van der Waals surface area contributed by atoms with Crippen molar-refractivity contribution in [2.45, 2.75) is 6.18 Å². The van der Waals surface area contributed by atoms with E-state index in [0.29, 0.717) is 4.47 Å². The first-order valence-electron chi connectivity index (χ1n) is 4.30. The number of anilines is 1. The minimum Gasteiger partial charge on any atom is -0.343 e. The lowest BCUT2D eigenvalue weighted by Gasteiger charge is -2.10. The Morgan fingerprint density at radius 1 is 1.53 bits per heavy atom. The lowest BCUT2D eigenvalue weighted by atomic mass is 10.2.